The normalized spacial score (nSPS) is 21.4. The Balaban J connectivity index is 1.94. The van der Waals surface area contributed by atoms with Crippen LogP contribution in [0, 0.1) is 0 Å². The Morgan fingerprint density at radius 2 is 1.84 bits per heavy atom. The van der Waals surface area contributed by atoms with E-state index in [4.69, 9.17) is 4.74 Å². The van der Waals surface area contributed by atoms with Crippen LogP contribution in [0.25, 0.3) is 0 Å². The number of ether oxygens (including phenoxy) is 1. The summed E-state index contributed by atoms with van der Waals surface area (Å²) in [6.07, 6.45) is 0.816. The summed E-state index contributed by atoms with van der Waals surface area (Å²) in [5.41, 5.74) is -0.864. The number of rotatable bonds is 0. The lowest BCUT2D eigenvalue weighted by molar-refractivity contribution is -0.137. The van der Waals surface area contributed by atoms with Crippen molar-refractivity contribution in [2.75, 3.05) is 11.9 Å². The van der Waals surface area contributed by atoms with E-state index < -0.39 is 11.7 Å². The van der Waals surface area contributed by atoms with Crippen LogP contribution in [0.1, 0.15) is 37.7 Å². The van der Waals surface area contributed by atoms with E-state index in [-0.39, 0.29) is 11.3 Å². The molecule has 0 radical (unpaired) electrons. The molecule has 19 heavy (non-hydrogen) atoms. The first-order chi connectivity index (χ1) is 9.00. The van der Waals surface area contributed by atoms with Gasteiger partial charge < -0.3 is 10.1 Å². The maximum atomic E-state index is 12.9. The Kier molecular flexibility index (Phi) is 2.87. The van der Waals surface area contributed by atoms with Crippen molar-refractivity contribution >= 4 is 5.69 Å². The summed E-state index contributed by atoms with van der Waals surface area (Å²) in [7, 11) is 0. The van der Waals surface area contributed by atoms with E-state index >= 15 is 0 Å². The van der Waals surface area contributed by atoms with Crippen molar-refractivity contribution in [3.05, 3.63) is 23.8 Å². The van der Waals surface area contributed by atoms with Crippen molar-refractivity contribution in [3.63, 3.8) is 0 Å². The molecule has 0 atom stereocenters. The standard InChI is InChI=1S/C14H16F3NO/c15-14(16,17)10-5-4-6-11-12(10)18-9-13(19-11)7-2-1-3-8-13/h4-6,18H,1-3,7-9H2. The fourth-order valence-corrected chi connectivity index (χ4v) is 3.03. The van der Waals surface area contributed by atoms with Crippen LogP contribution in [0.3, 0.4) is 0 Å². The van der Waals surface area contributed by atoms with Crippen LogP contribution >= 0.6 is 0 Å². The molecule has 1 aliphatic carbocycles. The van der Waals surface area contributed by atoms with Crippen molar-refractivity contribution in [2.24, 2.45) is 0 Å². The second-order valence-corrected chi connectivity index (χ2v) is 5.38. The summed E-state index contributed by atoms with van der Waals surface area (Å²) >= 11 is 0. The molecule has 0 saturated heterocycles. The minimum Gasteiger partial charge on any atom is -0.483 e. The first-order valence-corrected chi connectivity index (χ1v) is 6.63. The first kappa shape index (κ1) is 12.6. The van der Waals surface area contributed by atoms with Gasteiger partial charge in [0.15, 0.2) is 0 Å². The smallest absolute Gasteiger partial charge is 0.418 e. The number of halogens is 3. The van der Waals surface area contributed by atoms with Crippen LogP contribution in [0.4, 0.5) is 18.9 Å². The third-order valence-electron chi connectivity index (χ3n) is 4.01. The van der Waals surface area contributed by atoms with E-state index in [1.54, 1.807) is 6.07 Å². The molecule has 104 valence electrons. The van der Waals surface area contributed by atoms with E-state index in [0.717, 1.165) is 31.7 Å². The van der Waals surface area contributed by atoms with Crippen molar-refractivity contribution in [1.29, 1.82) is 0 Å². The van der Waals surface area contributed by atoms with Gasteiger partial charge in [0.25, 0.3) is 0 Å². The fraction of sp³-hybridized carbons (Fsp3) is 0.571. The number of benzene rings is 1. The first-order valence-electron chi connectivity index (χ1n) is 6.63. The average Bonchev–Trinajstić information content (AvgIpc) is 2.37. The predicted molar refractivity (Wildman–Crippen MR) is 66.4 cm³/mol. The number of nitrogens with one attached hydrogen (secondary N) is 1. The highest BCUT2D eigenvalue weighted by Gasteiger charge is 2.41. The van der Waals surface area contributed by atoms with Gasteiger partial charge in [0, 0.05) is 0 Å². The van der Waals surface area contributed by atoms with Gasteiger partial charge in [-0.3, -0.25) is 0 Å². The van der Waals surface area contributed by atoms with Crippen molar-refractivity contribution < 1.29 is 17.9 Å². The van der Waals surface area contributed by atoms with Crippen molar-refractivity contribution in [2.45, 2.75) is 43.9 Å². The molecule has 0 amide bonds. The molecule has 1 saturated carbocycles. The van der Waals surface area contributed by atoms with Gasteiger partial charge in [0.1, 0.15) is 11.4 Å². The number of hydrogen-bond acceptors (Lipinski definition) is 2. The quantitative estimate of drug-likeness (QED) is 0.763. The molecule has 0 unspecified atom stereocenters. The number of hydrogen-bond donors (Lipinski definition) is 1. The summed E-state index contributed by atoms with van der Waals surface area (Å²) in [6.45, 7) is 0.465. The van der Waals surface area contributed by atoms with Crippen LogP contribution in [0.5, 0.6) is 5.75 Å². The topological polar surface area (TPSA) is 21.3 Å². The lowest BCUT2D eigenvalue weighted by Gasteiger charge is -2.42. The zero-order valence-corrected chi connectivity index (χ0v) is 10.5. The molecule has 0 bridgehead atoms. The fourth-order valence-electron chi connectivity index (χ4n) is 3.03. The monoisotopic (exact) mass is 271 g/mol. The molecular formula is C14H16F3NO. The summed E-state index contributed by atoms with van der Waals surface area (Å²) in [5.74, 6) is 0.336. The minimum absolute atomic E-state index is 0.0891. The Bertz CT molecular complexity index is 478. The average molecular weight is 271 g/mol. The van der Waals surface area contributed by atoms with Gasteiger partial charge in [-0.2, -0.15) is 13.2 Å². The highest BCUT2D eigenvalue weighted by atomic mass is 19.4. The maximum absolute atomic E-state index is 12.9. The van der Waals surface area contributed by atoms with E-state index in [1.807, 2.05) is 0 Å². The van der Waals surface area contributed by atoms with Crippen molar-refractivity contribution in [3.8, 4) is 5.75 Å². The Hall–Kier alpha value is -1.39. The summed E-state index contributed by atoms with van der Waals surface area (Å²) in [6, 6.07) is 4.12. The number of para-hydroxylation sites is 1. The predicted octanol–water partition coefficient (Wildman–Crippen LogP) is 4.21. The number of anilines is 1. The van der Waals surface area contributed by atoms with E-state index in [1.165, 1.54) is 12.5 Å². The lowest BCUT2D eigenvalue weighted by atomic mass is 9.83. The molecule has 5 heteroatoms. The van der Waals surface area contributed by atoms with Crippen LogP contribution in [-0.4, -0.2) is 12.1 Å². The second kappa shape index (κ2) is 4.32. The number of alkyl halides is 3. The number of fused-ring (bicyclic) bond motifs is 1. The van der Waals surface area contributed by atoms with Gasteiger partial charge in [-0.1, -0.05) is 12.5 Å². The molecule has 0 aromatic heterocycles. The van der Waals surface area contributed by atoms with Crippen LogP contribution < -0.4 is 10.1 Å². The maximum Gasteiger partial charge on any atom is 0.418 e. The van der Waals surface area contributed by atoms with E-state index in [2.05, 4.69) is 5.32 Å². The zero-order chi connectivity index (χ0) is 13.5. The molecule has 2 aliphatic rings. The minimum atomic E-state index is -4.35. The molecule has 2 nitrogen and oxygen atoms in total. The van der Waals surface area contributed by atoms with Gasteiger partial charge in [0.2, 0.25) is 0 Å². The zero-order valence-electron chi connectivity index (χ0n) is 10.5. The Morgan fingerprint density at radius 1 is 1.11 bits per heavy atom. The Morgan fingerprint density at radius 3 is 2.53 bits per heavy atom. The SMILES string of the molecule is FC(F)(F)c1cccc2c1NCC1(CCCCC1)O2. The Labute approximate surface area is 109 Å². The summed E-state index contributed by atoms with van der Waals surface area (Å²) < 4.78 is 44.7. The van der Waals surface area contributed by atoms with Crippen LogP contribution in [0.2, 0.25) is 0 Å². The molecule has 1 aromatic rings. The highest BCUT2D eigenvalue weighted by Crippen LogP contribution is 2.45. The second-order valence-electron chi connectivity index (χ2n) is 5.38. The van der Waals surface area contributed by atoms with E-state index in [9.17, 15) is 13.2 Å². The molecule has 1 fully saturated rings. The van der Waals surface area contributed by atoms with Gasteiger partial charge in [-0.05, 0) is 37.8 Å². The largest absolute Gasteiger partial charge is 0.483 e. The van der Waals surface area contributed by atoms with Gasteiger partial charge in [0.05, 0.1) is 17.8 Å². The molecule has 1 heterocycles. The third kappa shape index (κ3) is 2.26. The van der Waals surface area contributed by atoms with Crippen molar-refractivity contribution in [1.82, 2.24) is 0 Å². The highest BCUT2D eigenvalue weighted by molar-refractivity contribution is 5.65. The van der Waals surface area contributed by atoms with Gasteiger partial charge >= 0.3 is 6.18 Å². The summed E-state index contributed by atoms with van der Waals surface area (Å²) in [4.78, 5) is 0. The molecule has 1 N–H and O–H groups in total. The van der Waals surface area contributed by atoms with Crippen LogP contribution in [0.15, 0.2) is 18.2 Å². The molecule has 1 aliphatic heterocycles. The molecular weight excluding hydrogens is 255 g/mol. The molecule has 1 aromatic carbocycles. The molecule has 3 rings (SSSR count). The van der Waals surface area contributed by atoms with Gasteiger partial charge in [-0.25, -0.2) is 0 Å². The summed E-state index contributed by atoms with van der Waals surface area (Å²) in [5, 5.41) is 2.95. The van der Waals surface area contributed by atoms with Gasteiger partial charge in [-0.15, -0.1) is 0 Å². The third-order valence-corrected chi connectivity index (χ3v) is 4.01. The lowest BCUT2D eigenvalue weighted by Crippen LogP contribution is -2.47. The van der Waals surface area contributed by atoms with E-state index in [0.29, 0.717) is 12.3 Å². The van der Waals surface area contributed by atoms with Crippen LogP contribution in [-0.2, 0) is 6.18 Å². The molecule has 1 spiro atoms.